The Hall–Kier alpha value is -2.68. The molecule has 200 valence electrons. The molecule has 3 rings (SSSR count). The second kappa shape index (κ2) is 17.7. The maximum atomic E-state index is 11.6. The van der Waals surface area contributed by atoms with E-state index in [4.69, 9.17) is 40.0 Å². The van der Waals surface area contributed by atoms with Crippen LogP contribution >= 0.6 is 11.6 Å². The average Bonchev–Trinajstić information content (AvgIpc) is 2.93. The molecule has 37 heavy (non-hydrogen) atoms. The Balaban J connectivity index is 1.28. The molecule has 0 heterocycles. The molecule has 7 nitrogen and oxygen atoms in total. The van der Waals surface area contributed by atoms with Crippen LogP contribution < -0.4 is 9.47 Å². The fraction of sp³-hybridized carbons (Fsp3) is 0.414. The van der Waals surface area contributed by atoms with Gasteiger partial charge in [0.05, 0.1) is 52.9 Å². The minimum Gasteiger partial charge on any atom is -0.487 e. The molecular weight excluding hydrogens is 496 g/mol. The zero-order chi connectivity index (χ0) is 26.0. The van der Waals surface area contributed by atoms with Crippen molar-refractivity contribution in [3.05, 3.63) is 84.0 Å². The Morgan fingerprint density at radius 3 is 2.14 bits per heavy atom. The highest BCUT2D eigenvalue weighted by Crippen LogP contribution is 2.29. The molecule has 0 aromatic heterocycles. The zero-order valence-electron chi connectivity index (χ0n) is 21.0. The van der Waals surface area contributed by atoms with Crippen LogP contribution in [-0.4, -0.2) is 64.7 Å². The highest BCUT2D eigenvalue weighted by molar-refractivity contribution is 6.67. The topological polar surface area (TPSA) is 72.5 Å². The second-order valence-corrected chi connectivity index (χ2v) is 8.62. The Morgan fingerprint density at radius 2 is 1.43 bits per heavy atom. The SMILES string of the molecule is O=C(Cl)c1ccc(OCCOCCOCc2ccccc2)c(OCCOCCOCC2C=CC=CC2)c1. The third-order valence-corrected chi connectivity index (χ3v) is 5.62. The van der Waals surface area contributed by atoms with Gasteiger partial charge in [0.2, 0.25) is 0 Å². The summed E-state index contributed by atoms with van der Waals surface area (Å²) in [4.78, 5) is 11.6. The van der Waals surface area contributed by atoms with E-state index in [0.29, 0.717) is 89.0 Å². The van der Waals surface area contributed by atoms with Gasteiger partial charge in [-0.25, -0.2) is 0 Å². The first-order chi connectivity index (χ1) is 18.2. The molecule has 2 aromatic carbocycles. The summed E-state index contributed by atoms with van der Waals surface area (Å²) in [5.74, 6) is 1.36. The van der Waals surface area contributed by atoms with Crippen LogP contribution in [-0.2, 0) is 25.6 Å². The van der Waals surface area contributed by atoms with Gasteiger partial charge < -0.3 is 28.4 Å². The molecule has 2 aromatic rings. The Kier molecular flexibility index (Phi) is 13.8. The molecule has 0 aliphatic heterocycles. The summed E-state index contributed by atoms with van der Waals surface area (Å²) >= 11 is 5.63. The molecular formula is C29H35ClO7. The van der Waals surface area contributed by atoms with E-state index in [1.807, 2.05) is 42.5 Å². The van der Waals surface area contributed by atoms with Crippen molar-refractivity contribution in [3.8, 4) is 11.5 Å². The fourth-order valence-electron chi connectivity index (χ4n) is 3.48. The molecule has 0 bridgehead atoms. The van der Waals surface area contributed by atoms with E-state index in [0.717, 1.165) is 12.0 Å². The maximum absolute atomic E-state index is 11.6. The number of carbonyl (C=O) groups is 1. The summed E-state index contributed by atoms with van der Waals surface area (Å²) in [6.45, 7) is 4.59. The molecule has 0 radical (unpaired) electrons. The average molecular weight is 531 g/mol. The van der Waals surface area contributed by atoms with Crippen LogP contribution in [0.15, 0.2) is 72.8 Å². The van der Waals surface area contributed by atoms with Crippen molar-refractivity contribution in [2.75, 3.05) is 59.5 Å². The Morgan fingerprint density at radius 1 is 0.757 bits per heavy atom. The van der Waals surface area contributed by atoms with E-state index in [9.17, 15) is 4.79 Å². The first-order valence-electron chi connectivity index (χ1n) is 12.5. The molecule has 0 amide bonds. The molecule has 1 unspecified atom stereocenters. The molecule has 1 aliphatic carbocycles. The lowest BCUT2D eigenvalue weighted by molar-refractivity contribution is 0.0269. The quantitative estimate of drug-likeness (QED) is 0.182. The van der Waals surface area contributed by atoms with Crippen molar-refractivity contribution in [1.82, 2.24) is 0 Å². The van der Waals surface area contributed by atoms with Crippen molar-refractivity contribution in [2.45, 2.75) is 13.0 Å². The van der Waals surface area contributed by atoms with Gasteiger partial charge >= 0.3 is 0 Å². The molecule has 0 saturated heterocycles. The fourth-order valence-corrected chi connectivity index (χ4v) is 3.60. The maximum Gasteiger partial charge on any atom is 0.252 e. The lowest BCUT2D eigenvalue weighted by atomic mass is 10.0. The van der Waals surface area contributed by atoms with Gasteiger partial charge in [-0.3, -0.25) is 4.79 Å². The van der Waals surface area contributed by atoms with E-state index >= 15 is 0 Å². The van der Waals surface area contributed by atoms with Gasteiger partial charge in [0, 0.05) is 11.5 Å². The van der Waals surface area contributed by atoms with E-state index in [1.54, 1.807) is 18.2 Å². The van der Waals surface area contributed by atoms with Crippen LogP contribution in [0.25, 0.3) is 0 Å². The van der Waals surface area contributed by atoms with Gasteiger partial charge in [-0.2, -0.15) is 0 Å². The Labute approximate surface area is 223 Å². The third-order valence-electron chi connectivity index (χ3n) is 5.40. The van der Waals surface area contributed by atoms with Gasteiger partial charge in [-0.1, -0.05) is 54.6 Å². The zero-order valence-corrected chi connectivity index (χ0v) is 21.8. The van der Waals surface area contributed by atoms with Crippen molar-refractivity contribution < 1.29 is 33.2 Å². The molecule has 0 N–H and O–H groups in total. The number of hydrogen-bond donors (Lipinski definition) is 0. The van der Waals surface area contributed by atoms with Crippen LogP contribution in [0.4, 0.5) is 0 Å². The molecule has 0 spiro atoms. The van der Waals surface area contributed by atoms with Gasteiger partial charge in [0.1, 0.15) is 13.2 Å². The van der Waals surface area contributed by atoms with Gasteiger partial charge in [0.15, 0.2) is 11.5 Å². The van der Waals surface area contributed by atoms with Crippen molar-refractivity contribution in [3.63, 3.8) is 0 Å². The van der Waals surface area contributed by atoms with E-state index in [-0.39, 0.29) is 0 Å². The second-order valence-electron chi connectivity index (χ2n) is 8.28. The first-order valence-corrected chi connectivity index (χ1v) is 12.9. The van der Waals surface area contributed by atoms with E-state index in [1.165, 1.54) is 0 Å². The number of rotatable bonds is 19. The summed E-state index contributed by atoms with van der Waals surface area (Å²) in [6, 6.07) is 14.8. The Bertz CT molecular complexity index is 977. The van der Waals surface area contributed by atoms with Crippen LogP contribution in [0.1, 0.15) is 22.3 Å². The number of benzene rings is 2. The largest absolute Gasteiger partial charge is 0.487 e. The minimum absolute atomic E-state index is 0.293. The minimum atomic E-state index is -0.563. The summed E-state index contributed by atoms with van der Waals surface area (Å²) in [6.07, 6.45) is 9.40. The van der Waals surface area contributed by atoms with Crippen molar-refractivity contribution in [1.29, 1.82) is 0 Å². The van der Waals surface area contributed by atoms with Crippen LogP contribution in [0.2, 0.25) is 0 Å². The standard InChI is InChI=1S/C29H35ClO7/c30-29(31)26-11-12-27(36-19-17-32-13-15-34-22-24-7-3-1-4-8-24)28(21-26)37-20-18-33-14-16-35-23-25-9-5-2-6-10-25/h1-9,11-12,21,25H,10,13-20,22-23H2. The number of halogens is 1. The summed E-state index contributed by atoms with van der Waals surface area (Å²) in [7, 11) is 0. The number of ether oxygens (including phenoxy) is 6. The van der Waals surface area contributed by atoms with Crippen LogP contribution in [0.3, 0.4) is 0 Å². The van der Waals surface area contributed by atoms with Crippen molar-refractivity contribution in [2.24, 2.45) is 5.92 Å². The van der Waals surface area contributed by atoms with Gasteiger partial charge in [-0.15, -0.1) is 0 Å². The monoisotopic (exact) mass is 530 g/mol. The summed E-state index contributed by atoms with van der Waals surface area (Å²) in [5, 5.41) is -0.563. The highest BCUT2D eigenvalue weighted by Gasteiger charge is 2.11. The normalized spacial score (nSPS) is 14.6. The van der Waals surface area contributed by atoms with Crippen molar-refractivity contribution >= 4 is 16.8 Å². The summed E-state index contributed by atoms with van der Waals surface area (Å²) in [5.41, 5.74) is 1.46. The van der Waals surface area contributed by atoms with E-state index in [2.05, 4.69) is 12.2 Å². The van der Waals surface area contributed by atoms with Crippen LogP contribution in [0.5, 0.6) is 11.5 Å². The predicted molar refractivity (Wildman–Crippen MR) is 143 cm³/mol. The molecule has 0 fully saturated rings. The smallest absolute Gasteiger partial charge is 0.252 e. The molecule has 0 saturated carbocycles. The predicted octanol–water partition coefficient (Wildman–Crippen LogP) is 5.22. The lowest BCUT2D eigenvalue weighted by Gasteiger charge is -2.15. The molecule has 8 heteroatoms. The highest BCUT2D eigenvalue weighted by atomic mass is 35.5. The van der Waals surface area contributed by atoms with Crippen LogP contribution in [0, 0.1) is 5.92 Å². The number of hydrogen-bond acceptors (Lipinski definition) is 7. The molecule has 1 atom stereocenters. The number of allylic oxidation sites excluding steroid dienone is 3. The lowest BCUT2D eigenvalue weighted by Crippen LogP contribution is -2.14. The number of carbonyl (C=O) groups excluding carboxylic acids is 1. The third kappa shape index (κ3) is 11.9. The van der Waals surface area contributed by atoms with Gasteiger partial charge in [0.25, 0.3) is 5.24 Å². The molecule has 1 aliphatic rings. The van der Waals surface area contributed by atoms with Gasteiger partial charge in [-0.05, 0) is 41.8 Å². The van der Waals surface area contributed by atoms with E-state index < -0.39 is 5.24 Å². The first kappa shape index (κ1) is 28.9. The summed E-state index contributed by atoms with van der Waals surface area (Å²) < 4.78 is 34.0.